The SMILES string of the molecule is CC(C)(C)NCCCCC(NC(=O)[C@H](N)CCCCNC(C)(C)C)C(=O)N[C@@H](CCCCNC(C)(C)C)C(=O)O.CC(C)(C)NCCCC[C@@H](NC(C)(C)C)C(=O)O.CC(C)(C)Nc1ccc(C(C)(C)c2cccc(C(C)(C)c3ccc(NC(C)(C)C)cc3)c2)cc1. The predicted molar refractivity (Wildman–Crippen MR) is 391 cm³/mol. The average Bonchev–Trinajstić information content (AvgIpc) is 0.782. The molecular weight excluding hydrogens is 1150 g/mol. The molecule has 2 amide bonds. The number of carbonyl (C=O) groups is 4. The summed E-state index contributed by atoms with van der Waals surface area (Å²) in [6.45, 7) is 56.9. The average molecular weight is 1290 g/mol. The zero-order valence-corrected chi connectivity index (χ0v) is 62.7. The Hall–Kier alpha value is -5.10. The van der Waals surface area contributed by atoms with E-state index in [2.05, 4.69) is 273 Å². The Kier molecular flexibility index (Phi) is 34.9. The molecule has 3 aromatic carbocycles. The Morgan fingerprint density at radius 1 is 0.359 bits per heavy atom. The van der Waals surface area contributed by atoms with Crippen LogP contribution in [0.1, 0.15) is 272 Å². The van der Waals surface area contributed by atoms with Gasteiger partial charge < -0.3 is 58.5 Å². The third kappa shape index (κ3) is 38.9. The van der Waals surface area contributed by atoms with Crippen molar-refractivity contribution in [3.8, 4) is 0 Å². The molecule has 92 heavy (non-hydrogen) atoms. The van der Waals surface area contributed by atoms with Gasteiger partial charge in [-0.3, -0.25) is 19.7 Å². The molecule has 0 aliphatic carbocycles. The molecule has 0 heterocycles. The summed E-state index contributed by atoms with van der Waals surface area (Å²) < 4.78 is 0. The van der Waals surface area contributed by atoms with E-state index in [4.69, 9.17) is 10.8 Å². The van der Waals surface area contributed by atoms with E-state index < -0.39 is 42.0 Å². The van der Waals surface area contributed by atoms with Gasteiger partial charge in [0.05, 0.1) is 6.04 Å². The lowest BCUT2D eigenvalue weighted by Crippen LogP contribution is -2.54. The highest BCUT2D eigenvalue weighted by molar-refractivity contribution is 5.91. The van der Waals surface area contributed by atoms with Crippen LogP contribution < -0.4 is 53.6 Å². The summed E-state index contributed by atoms with van der Waals surface area (Å²) in [7, 11) is 0. The Bertz CT molecular complexity index is 2520. The number of amides is 2. The largest absolute Gasteiger partial charge is 0.480 e. The number of carbonyl (C=O) groups excluding carboxylic acids is 2. The highest BCUT2D eigenvalue weighted by Gasteiger charge is 2.31. The van der Waals surface area contributed by atoms with Crippen LogP contribution in [0.2, 0.25) is 0 Å². The van der Waals surface area contributed by atoms with Gasteiger partial charge in [0.1, 0.15) is 18.1 Å². The van der Waals surface area contributed by atoms with Crippen molar-refractivity contribution in [2.45, 2.75) is 324 Å². The van der Waals surface area contributed by atoms with Gasteiger partial charge in [-0.25, -0.2) is 4.79 Å². The molecule has 0 bridgehead atoms. The third-order valence-electron chi connectivity index (χ3n) is 15.4. The van der Waals surface area contributed by atoms with Gasteiger partial charge in [-0.15, -0.1) is 0 Å². The molecular formula is C76H136N10O6. The quantitative estimate of drug-likeness (QED) is 0.0254. The normalized spacial score (nSPS) is 14.1. The first-order chi connectivity index (χ1) is 41.9. The standard InChI is InChI=1S/C32H44N2.C30H62N6O4.C14H30N2O2/c1-29(2,3)33-27-18-14-23(15-19-27)31(7,8)25-12-11-13-26(22-25)32(9,10)24-16-20-28(21-17-24)34-30(4,5)6;1-28(2,3)32-19-13-10-16-22(31)25(37)35-23(17-11-14-20-33-29(4,5)6)26(38)36-24(27(39)40)18-12-15-21-34-30(7,8)9;1-13(2,3)15-10-8-7-9-11(12(17)18)16-14(4,5)6/h11-22,33-34H,1-10H3;22-24,32-34H,10-21,31H2,1-9H3,(H,35,37)(H,36,38)(H,39,40);11,15-16H,7-10H2,1-6H3,(H,17,18)/t;22-,23?,24+;11-/m.11/s1. The van der Waals surface area contributed by atoms with Crippen molar-refractivity contribution in [3.05, 3.63) is 95.1 Å². The predicted octanol–water partition coefficient (Wildman–Crippen LogP) is 14.2. The number of unbranched alkanes of at least 4 members (excludes halogenated alkanes) is 4. The van der Waals surface area contributed by atoms with Crippen LogP contribution in [0.25, 0.3) is 0 Å². The first-order valence-electron chi connectivity index (χ1n) is 34.4. The number of carboxylic acid groups (broad SMARTS) is 2. The number of nitrogens with two attached hydrogens (primary N) is 1. The zero-order valence-electron chi connectivity index (χ0n) is 62.7. The van der Waals surface area contributed by atoms with Crippen LogP contribution in [-0.4, -0.2) is 123 Å². The molecule has 0 aromatic heterocycles. The summed E-state index contributed by atoms with van der Waals surface area (Å²) in [5.41, 5.74) is 13.7. The number of rotatable bonds is 33. The summed E-state index contributed by atoms with van der Waals surface area (Å²) >= 11 is 0. The highest BCUT2D eigenvalue weighted by Crippen LogP contribution is 2.38. The number of carboxylic acids is 2. The minimum Gasteiger partial charge on any atom is -0.480 e. The van der Waals surface area contributed by atoms with E-state index in [-0.39, 0.29) is 55.5 Å². The molecule has 0 saturated carbocycles. The van der Waals surface area contributed by atoms with Crippen molar-refractivity contribution >= 4 is 35.1 Å². The van der Waals surface area contributed by atoms with Crippen LogP contribution in [0.15, 0.2) is 72.8 Å². The zero-order chi connectivity index (χ0) is 70.7. The van der Waals surface area contributed by atoms with E-state index in [1.54, 1.807) is 0 Å². The maximum atomic E-state index is 13.2. The number of hydrogen-bond acceptors (Lipinski definition) is 12. The van der Waals surface area contributed by atoms with Crippen LogP contribution in [0.4, 0.5) is 11.4 Å². The van der Waals surface area contributed by atoms with Gasteiger partial charge in [0.2, 0.25) is 11.8 Å². The van der Waals surface area contributed by atoms with Crippen molar-refractivity contribution in [1.29, 1.82) is 0 Å². The molecule has 1 unspecified atom stereocenters. The molecule has 0 spiro atoms. The molecule has 0 radical (unpaired) electrons. The lowest BCUT2D eigenvalue weighted by Gasteiger charge is -2.31. The van der Waals surface area contributed by atoms with Crippen LogP contribution in [-0.2, 0) is 30.0 Å². The first-order valence-corrected chi connectivity index (χ1v) is 34.4. The molecule has 0 aliphatic heterocycles. The molecule has 0 saturated heterocycles. The van der Waals surface area contributed by atoms with Crippen molar-refractivity contribution in [3.63, 3.8) is 0 Å². The molecule has 16 nitrogen and oxygen atoms in total. The number of nitrogens with one attached hydrogen (secondary N) is 9. The van der Waals surface area contributed by atoms with E-state index in [9.17, 15) is 24.3 Å². The van der Waals surface area contributed by atoms with Gasteiger partial charge in [0.25, 0.3) is 0 Å². The summed E-state index contributed by atoms with van der Waals surface area (Å²) in [6.07, 6.45) is 8.53. The first kappa shape index (κ1) is 84.9. The van der Waals surface area contributed by atoms with E-state index in [1.165, 1.54) is 22.3 Å². The fraction of sp³-hybridized carbons (Fsp3) is 0.711. The highest BCUT2D eigenvalue weighted by atomic mass is 16.4. The molecule has 0 fully saturated rings. The Morgan fingerprint density at radius 2 is 0.663 bits per heavy atom. The molecule has 16 heteroatoms. The van der Waals surface area contributed by atoms with Crippen LogP contribution in [0.5, 0.6) is 0 Å². The van der Waals surface area contributed by atoms with Crippen molar-refractivity contribution in [2.24, 2.45) is 5.73 Å². The Morgan fingerprint density at radius 3 is 0.967 bits per heavy atom. The number of hydrogen-bond donors (Lipinski definition) is 12. The Balaban J connectivity index is 0.000000736. The van der Waals surface area contributed by atoms with E-state index in [0.29, 0.717) is 38.5 Å². The lowest BCUT2D eigenvalue weighted by atomic mass is 9.73. The number of benzene rings is 3. The smallest absolute Gasteiger partial charge is 0.326 e. The van der Waals surface area contributed by atoms with Gasteiger partial charge in [-0.1, -0.05) is 89.1 Å². The fourth-order valence-corrected chi connectivity index (χ4v) is 10.2. The summed E-state index contributed by atoms with van der Waals surface area (Å²) in [5, 5.41) is 48.2. The van der Waals surface area contributed by atoms with Gasteiger partial charge in [-0.2, -0.15) is 0 Å². The number of aliphatic carboxylic acids is 2. The summed E-state index contributed by atoms with van der Waals surface area (Å²) in [6, 6.07) is 23.9. The van der Waals surface area contributed by atoms with Crippen LogP contribution in [0.3, 0.4) is 0 Å². The number of anilines is 2. The molecule has 3 aromatic rings. The van der Waals surface area contributed by atoms with Gasteiger partial charge in [-0.05, 0) is 282 Å². The van der Waals surface area contributed by atoms with Gasteiger partial charge >= 0.3 is 11.9 Å². The van der Waals surface area contributed by atoms with Crippen molar-refractivity contribution in [1.82, 2.24) is 37.2 Å². The molecule has 13 N–H and O–H groups in total. The second-order valence-corrected chi connectivity index (χ2v) is 33.8. The van der Waals surface area contributed by atoms with Gasteiger partial charge in [0.15, 0.2) is 0 Å². The maximum absolute atomic E-state index is 13.2. The second-order valence-electron chi connectivity index (χ2n) is 33.8. The molecule has 4 atom stereocenters. The van der Waals surface area contributed by atoms with Crippen LogP contribution in [0, 0.1) is 0 Å². The minimum atomic E-state index is -1.07. The van der Waals surface area contributed by atoms with Crippen molar-refractivity contribution in [2.75, 3.05) is 36.8 Å². The fourth-order valence-electron chi connectivity index (χ4n) is 10.2. The summed E-state index contributed by atoms with van der Waals surface area (Å²) in [4.78, 5) is 49.1. The van der Waals surface area contributed by atoms with E-state index in [1.807, 2.05) is 20.8 Å². The van der Waals surface area contributed by atoms with E-state index in [0.717, 1.165) is 76.1 Å². The minimum absolute atomic E-state index is 0.00158. The second kappa shape index (κ2) is 37.9. The monoisotopic (exact) mass is 1290 g/mol. The molecule has 3 rings (SSSR count). The van der Waals surface area contributed by atoms with Gasteiger partial charge in [0, 0.05) is 61.0 Å². The third-order valence-corrected chi connectivity index (χ3v) is 15.4. The Labute approximate surface area is 560 Å². The molecule has 0 aliphatic rings. The van der Waals surface area contributed by atoms with E-state index >= 15 is 0 Å². The summed E-state index contributed by atoms with van der Waals surface area (Å²) in [5.74, 6) is -2.68. The lowest BCUT2D eigenvalue weighted by molar-refractivity contribution is -0.142. The maximum Gasteiger partial charge on any atom is 0.326 e. The topological polar surface area (TPSA) is 243 Å². The van der Waals surface area contributed by atoms with Crippen LogP contribution >= 0.6 is 0 Å². The molecule has 526 valence electrons. The van der Waals surface area contributed by atoms with Crippen molar-refractivity contribution < 1.29 is 29.4 Å².